The Bertz CT molecular complexity index is 473. The van der Waals surface area contributed by atoms with Crippen molar-refractivity contribution >= 4 is 0 Å². The van der Waals surface area contributed by atoms with Crippen LogP contribution in [0, 0.1) is 5.92 Å². The summed E-state index contributed by atoms with van der Waals surface area (Å²) in [5.41, 5.74) is 0.777. The molecule has 1 spiro atoms. The Balaban J connectivity index is 1.49. The zero-order valence-electron chi connectivity index (χ0n) is 13.2. The van der Waals surface area contributed by atoms with Gasteiger partial charge in [-0.25, -0.2) is 0 Å². The van der Waals surface area contributed by atoms with Crippen LogP contribution in [0.3, 0.4) is 0 Å². The standard InChI is InChI=1S/C17H28N4/c1-16(15-5-6-15)14-20(11-12-21-10-4-9-19-21)17(13-18-16)7-2-3-8-17/h4,9-10,15,18H,2-3,5-8,11-14H2,1H3. The second-order valence-electron chi connectivity index (χ2n) is 7.67. The number of aromatic nitrogens is 2. The summed E-state index contributed by atoms with van der Waals surface area (Å²) in [7, 11) is 0. The van der Waals surface area contributed by atoms with Crippen LogP contribution in [0.2, 0.25) is 0 Å². The summed E-state index contributed by atoms with van der Waals surface area (Å²) >= 11 is 0. The molecule has 1 saturated heterocycles. The zero-order valence-corrected chi connectivity index (χ0v) is 13.2. The van der Waals surface area contributed by atoms with Gasteiger partial charge in [0.15, 0.2) is 0 Å². The van der Waals surface area contributed by atoms with Crippen LogP contribution in [0.5, 0.6) is 0 Å². The lowest BCUT2D eigenvalue weighted by molar-refractivity contribution is 0.00286. The highest BCUT2D eigenvalue weighted by Crippen LogP contribution is 2.45. The van der Waals surface area contributed by atoms with E-state index in [2.05, 4.69) is 33.1 Å². The molecule has 21 heavy (non-hydrogen) atoms. The Kier molecular flexibility index (Phi) is 3.34. The van der Waals surface area contributed by atoms with E-state index >= 15 is 0 Å². The normalized spacial score (nSPS) is 32.8. The average molecular weight is 288 g/mol. The molecule has 0 bridgehead atoms. The maximum atomic E-state index is 4.37. The van der Waals surface area contributed by atoms with Crippen LogP contribution in [-0.2, 0) is 6.54 Å². The van der Waals surface area contributed by atoms with Gasteiger partial charge in [-0.2, -0.15) is 5.10 Å². The quantitative estimate of drug-likeness (QED) is 0.922. The molecule has 1 unspecified atom stereocenters. The second-order valence-corrected chi connectivity index (χ2v) is 7.67. The average Bonchev–Trinajstić information content (AvgIpc) is 3.04. The number of piperazine rings is 1. The van der Waals surface area contributed by atoms with Gasteiger partial charge in [0.05, 0.1) is 6.54 Å². The van der Waals surface area contributed by atoms with Gasteiger partial charge in [-0.05, 0) is 44.6 Å². The largest absolute Gasteiger partial charge is 0.308 e. The minimum atomic E-state index is 0.345. The molecule has 0 amide bonds. The van der Waals surface area contributed by atoms with Crippen molar-refractivity contribution in [1.82, 2.24) is 20.0 Å². The van der Waals surface area contributed by atoms with Gasteiger partial charge in [0.1, 0.15) is 0 Å². The fourth-order valence-electron chi connectivity index (χ4n) is 4.59. The first-order chi connectivity index (χ1) is 10.2. The van der Waals surface area contributed by atoms with Crippen LogP contribution < -0.4 is 5.32 Å². The van der Waals surface area contributed by atoms with E-state index in [1.165, 1.54) is 51.6 Å². The van der Waals surface area contributed by atoms with Crippen molar-refractivity contribution in [3.05, 3.63) is 18.5 Å². The minimum absolute atomic E-state index is 0.345. The van der Waals surface area contributed by atoms with Crippen LogP contribution in [-0.4, -0.2) is 45.4 Å². The van der Waals surface area contributed by atoms with Crippen LogP contribution in [0.25, 0.3) is 0 Å². The van der Waals surface area contributed by atoms with Crippen LogP contribution in [0.1, 0.15) is 45.4 Å². The Morgan fingerprint density at radius 1 is 1.24 bits per heavy atom. The number of rotatable bonds is 4. The first kappa shape index (κ1) is 13.8. The fourth-order valence-corrected chi connectivity index (χ4v) is 4.59. The third kappa shape index (κ3) is 2.53. The molecule has 116 valence electrons. The van der Waals surface area contributed by atoms with Gasteiger partial charge in [0.25, 0.3) is 0 Å². The lowest BCUT2D eigenvalue weighted by Gasteiger charge is -2.53. The van der Waals surface area contributed by atoms with E-state index in [4.69, 9.17) is 0 Å². The lowest BCUT2D eigenvalue weighted by atomic mass is 9.83. The van der Waals surface area contributed by atoms with Crippen molar-refractivity contribution < 1.29 is 0 Å². The summed E-state index contributed by atoms with van der Waals surface area (Å²) in [5, 5.41) is 8.32. The Labute approximate surface area is 127 Å². The summed E-state index contributed by atoms with van der Waals surface area (Å²) in [5.74, 6) is 0.906. The molecule has 3 fully saturated rings. The molecule has 3 aliphatic rings. The highest BCUT2D eigenvalue weighted by atomic mass is 15.3. The first-order valence-electron chi connectivity index (χ1n) is 8.68. The molecule has 4 nitrogen and oxygen atoms in total. The van der Waals surface area contributed by atoms with E-state index < -0.39 is 0 Å². The van der Waals surface area contributed by atoms with E-state index in [0.29, 0.717) is 11.1 Å². The highest BCUT2D eigenvalue weighted by molar-refractivity contribution is 5.10. The van der Waals surface area contributed by atoms with E-state index in [9.17, 15) is 0 Å². The van der Waals surface area contributed by atoms with Gasteiger partial charge in [-0.15, -0.1) is 0 Å². The van der Waals surface area contributed by atoms with E-state index in [1.807, 2.05) is 12.3 Å². The van der Waals surface area contributed by atoms with E-state index in [1.54, 1.807) is 0 Å². The molecule has 1 aromatic heterocycles. The van der Waals surface area contributed by atoms with Crippen LogP contribution in [0.4, 0.5) is 0 Å². The van der Waals surface area contributed by atoms with Crippen molar-refractivity contribution in [1.29, 1.82) is 0 Å². The lowest BCUT2D eigenvalue weighted by Crippen LogP contribution is -2.69. The molecule has 2 heterocycles. The molecule has 0 aromatic carbocycles. The summed E-state index contributed by atoms with van der Waals surface area (Å²) in [6.07, 6.45) is 12.4. The molecule has 4 heteroatoms. The third-order valence-electron chi connectivity index (χ3n) is 6.18. The molecule has 1 aromatic rings. The second kappa shape index (κ2) is 5.10. The summed E-state index contributed by atoms with van der Waals surface area (Å²) in [6, 6.07) is 2.03. The van der Waals surface area contributed by atoms with Crippen molar-refractivity contribution in [2.24, 2.45) is 5.92 Å². The van der Waals surface area contributed by atoms with Gasteiger partial charge in [-0.1, -0.05) is 12.8 Å². The van der Waals surface area contributed by atoms with Crippen molar-refractivity contribution in [2.75, 3.05) is 19.6 Å². The monoisotopic (exact) mass is 288 g/mol. The number of hydrogen-bond acceptors (Lipinski definition) is 3. The summed E-state index contributed by atoms with van der Waals surface area (Å²) in [6.45, 7) is 7.03. The predicted octanol–water partition coefficient (Wildman–Crippen LogP) is 2.27. The maximum absolute atomic E-state index is 4.37. The molecule has 1 aliphatic heterocycles. The van der Waals surface area contributed by atoms with E-state index in [0.717, 1.165) is 19.0 Å². The first-order valence-corrected chi connectivity index (χ1v) is 8.68. The van der Waals surface area contributed by atoms with E-state index in [-0.39, 0.29) is 0 Å². The molecule has 4 rings (SSSR count). The van der Waals surface area contributed by atoms with Gasteiger partial charge in [0, 0.05) is 43.1 Å². The Morgan fingerprint density at radius 3 is 2.71 bits per heavy atom. The SMILES string of the molecule is CC1(C2CC2)CN(CCn2cccn2)C2(CCCC2)CN1. The molecule has 0 radical (unpaired) electrons. The predicted molar refractivity (Wildman–Crippen MR) is 84.1 cm³/mol. The summed E-state index contributed by atoms with van der Waals surface area (Å²) in [4.78, 5) is 2.82. The molecular weight excluding hydrogens is 260 g/mol. The topological polar surface area (TPSA) is 33.1 Å². The van der Waals surface area contributed by atoms with Gasteiger partial charge < -0.3 is 5.32 Å². The van der Waals surface area contributed by atoms with Crippen molar-refractivity contribution in [2.45, 2.75) is 63.1 Å². The summed E-state index contributed by atoms with van der Waals surface area (Å²) < 4.78 is 2.08. The maximum Gasteiger partial charge on any atom is 0.0536 e. The Hall–Kier alpha value is -0.870. The van der Waals surface area contributed by atoms with Gasteiger partial charge >= 0.3 is 0 Å². The van der Waals surface area contributed by atoms with Gasteiger partial charge in [0.2, 0.25) is 0 Å². The highest BCUT2D eigenvalue weighted by Gasteiger charge is 2.51. The van der Waals surface area contributed by atoms with Gasteiger partial charge in [-0.3, -0.25) is 9.58 Å². The zero-order chi connectivity index (χ0) is 14.3. The molecule has 1 atom stereocenters. The molecular formula is C17H28N4. The van der Waals surface area contributed by atoms with Crippen molar-refractivity contribution in [3.63, 3.8) is 0 Å². The number of nitrogens with one attached hydrogen (secondary N) is 1. The molecule has 2 aliphatic carbocycles. The Morgan fingerprint density at radius 2 is 2.05 bits per heavy atom. The smallest absolute Gasteiger partial charge is 0.0536 e. The molecule has 1 N–H and O–H groups in total. The van der Waals surface area contributed by atoms with Crippen LogP contribution >= 0.6 is 0 Å². The van der Waals surface area contributed by atoms with Crippen LogP contribution in [0.15, 0.2) is 18.5 Å². The van der Waals surface area contributed by atoms with Crippen molar-refractivity contribution in [3.8, 4) is 0 Å². The molecule has 2 saturated carbocycles. The minimum Gasteiger partial charge on any atom is -0.308 e. The fraction of sp³-hybridized carbons (Fsp3) is 0.824. The number of hydrogen-bond donors (Lipinski definition) is 1. The third-order valence-corrected chi connectivity index (χ3v) is 6.18. The number of nitrogens with zero attached hydrogens (tertiary/aromatic N) is 3.